The Morgan fingerprint density at radius 1 is 1.35 bits per heavy atom. The van der Waals surface area contributed by atoms with Gasteiger partial charge in [-0.3, -0.25) is 10.1 Å². The summed E-state index contributed by atoms with van der Waals surface area (Å²) in [6.45, 7) is 6.37. The van der Waals surface area contributed by atoms with Crippen molar-refractivity contribution in [3.05, 3.63) is 38.4 Å². The largest absolute Gasteiger partial charge is 0.296 e. The van der Waals surface area contributed by atoms with Gasteiger partial charge in [0.1, 0.15) is 5.01 Å². The molecule has 0 fully saturated rings. The summed E-state index contributed by atoms with van der Waals surface area (Å²) >= 11 is 3.59. The maximum atomic E-state index is 12.2. The predicted molar refractivity (Wildman–Crippen MR) is 90.3 cm³/mol. The van der Waals surface area contributed by atoms with Gasteiger partial charge in [-0.05, 0) is 41.1 Å². The van der Waals surface area contributed by atoms with Gasteiger partial charge in [0.05, 0.1) is 5.56 Å². The predicted octanol–water partition coefficient (Wildman–Crippen LogP) is 4.08. The highest BCUT2D eigenvalue weighted by atomic mass is 127. The van der Waals surface area contributed by atoms with Crippen LogP contribution in [0.1, 0.15) is 42.6 Å². The summed E-state index contributed by atoms with van der Waals surface area (Å²) in [6, 6.07) is 7.46. The number of amides is 1. The van der Waals surface area contributed by atoms with Crippen molar-refractivity contribution in [2.75, 3.05) is 5.32 Å². The molecular weight excluding hydrogens is 385 g/mol. The minimum atomic E-state index is -0.146. The van der Waals surface area contributed by atoms with Gasteiger partial charge in [0.25, 0.3) is 5.91 Å². The molecule has 0 atom stereocenters. The Kier molecular flexibility index (Phi) is 4.74. The molecule has 0 aliphatic heterocycles. The SMILES string of the molecule is CCC(C)(C)c1nnc(NC(=O)c2ccccc2I)s1. The molecule has 1 aromatic carbocycles. The molecule has 106 valence electrons. The number of hydrogen-bond donors (Lipinski definition) is 1. The molecule has 0 unspecified atom stereocenters. The summed E-state index contributed by atoms with van der Waals surface area (Å²) in [5, 5.41) is 12.5. The van der Waals surface area contributed by atoms with Crippen LogP contribution in [-0.2, 0) is 5.41 Å². The second kappa shape index (κ2) is 6.17. The summed E-state index contributed by atoms with van der Waals surface area (Å²) in [5.74, 6) is -0.146. The number of nitrogens with one attached hydrogen (secondary N) is 1. The standard InChI is InChI=1S/C14H16IN3OS/c1-4-14(2,3)12-17-18-13(20-12)16-11(19)9-7-5-6-8-10(9)15/h5-8H,4H2,1-3H3,(H,16,18,19). The third-order valence-corrected chi connectivity index (χ3v) is 5.37. The van der Waals surface area contributed by atoms with Crippen LogP contribution in [0.15, 0.2) is 24.3 Å². The third kappa shape index (κ3) is 3.35. The van der Waals surface area contributed by atoms with Crippen LogP contribution < -0.4 is 5.32 Å². The monoisotopic (exact) mass is 401 g/mol. The Bertz CT molecular complexity index is 624. The van der Waals surface area contributed by atoms with Crippen molar-refractivity contribution < 1.29 is 4.79 Å². The number of carbonyl (C=O) groups is 1. The molecule has 0 radical (unpaired) electrons. The van der Waals surface area contributed by atoms with Crippen LogP contribution in [0.3, 0.4) is 0 Å². The Morgan fingerprint density at radius 3 is 2.70 bits per heavy atom. The Balaban J connectivity index is 2.16. The summed E-state index contributed by atoms with van der Waals surface area (Å²) in [7, 11) is 0. The molecule has 0 bridgehead atoms. The zero-order valence-corrected chi connectivity index (χ0v) is 14.6. The van der Waals surface area contributed by atoms with E-state index in [0.29, 0.717) is 10.7 Å². The fourth-order valence-electron chi connectivity index (χ4n) is 1.51. The van der Waals surface area contributed by atoms with E-state index in [0.717, 1.165) is 15.0 Å². The number of rotatable bonds is 4. The molecule has 0 spiro atoms. The van der Waals surface area contributed by atoms with Gasteiger partial charge in [-0.15, -0.1) is 10.2 Å². The average Bonchev–Trinajstić information content (AvgIpc) is 2.88. The fraction of sp³-hybridized carbons (Fsp3) is 0.357. The van der Waals surface area contributed by atoms with E-state index in [1.807, 2.05) is 18.2 Å². The van der Waals surface area contributed by atoms with Crippen LogP contribution >= 0.6 is 33.9 Å². The first-order valence-corrected chi connectivity index (χ1v) is 8.23. The molecule has 4 nitrogen and oxygen atoms in total. The van der Waals surface area contributed by atoms with E-state index in [1.165, 1.54) is 11.3 Å². The lowest BCUT2D eigenvalue weighted by Crippen LogP contribution is -2.14. The molecule has 0 aliphatic rings. The van der Waals surface area contributed by atoms with Crippen LogP contribution in [0.5, 0.6) is 0 Å². The Morgan fingerprint density at radius 2 is 2.05 bits per heavy atom. The van der Waals surface area contributed by atoms with Crippen LogP contribution in [0, 0.1) is 3.57 Å². The van der Waals surface area contributed by atoms with E-state index in [1.54, 1.807) is 6.07 Å². The van der Waals surface area contributed by atoms with Crippen molar-refractivity contribution in [1.29, 1.82) is 0 Å². The highest BCUT2D eigenvalue weighted by Crippen LogP contribution is 2.31. The van der Waals surface area contributed by atoms with E-state index < -0.39 is 0 Å². The van der Waals surface area contributed by atoms with E-state index in [4.69, 9.17) is 0 Å². The van der Waals surface area contributed by atoms with Crippen molar-refractivity contribution in [3.8, 4) is 0 Å². The van der Waals surface area contributed by atoms with Gasteiger partial charge in [0.15, 0.2) is 0 Å². The lowest BCUT2D eigenvalue weighted by atomic mass is 9.91. The maximum Gasteiger partial charge on any atom is 0.258 e. The molecule has 20 heavy (non-hydrogen) atoms. The van der Waals surface area contributed by atoms with Crippen molar-refractivity contribution in [1.82, 2.24) is 10.2 Å². The first-order valence-electron chi connectivity index (χ1n) is 6.34. The highest BCUT2D eigenvalue weighted by Gasteiger charge is 2.23. The molecule has 1 N–H and O–H groups in total. The molecule has 0 saturated heterocycles. The summed E-state index contributed by atoms with van der Waals surface area (Å²) in [5.41, 5.74) is 0.640. The number of aromatic nitrogens is 2. The molecule has 1 aromatic heterocycles. The van der Waals surface area contributed by atoms with Gasteiger partial charge in [-0.1, -0.05) is 44.2 Å². The normalized spacial score (nSPS) is 11.4. The number of halogens is 1. The molecule has 1 heterocycles. The van der Waals surface area contributed by atoms with Crippen molar-refractivity contribution in [2.24, 2.45) is 0 Å². The molecule has 0 aliphatic carbocycles. The molecule has 2 rings (SSSR count). The van der Waals surface area contributed by atoms with Gasteiger partial charge >= 0.3 is 0 Å². The van der Waals surface area contributed by atoms with Crippen LogP contribution in [0.25, 0.3) is 0 Å². The fourth-order valence-corrected chi connectivity index (χ4v) is 3.05. The average molecular weight is 401 g/mol. The smallest absolute Gasteiger partial charge is 0.258 e. The van der Waals surface area contributed by atoms with Gasteiger partial charge < -0.3 is 0 Å². The number of benzene rings is 1. The maximum absolute atomic E-state index is 12.2. The molecule has 1 amide bonds. The van der Waals surface area contributed by atoms with Crippen molar-refractivity contribution in [3.63, 3.8) is 0 Å². The quantitative estimate of drug-likeness (QED) is 0.786. The Labute approximate surface area is 136 Å². The second-order valence-electron chi connectivity index (χ2n) is 5.08. The van der Waals surface area contributed by atoms with E-state index in [2.05, 4.69) is 58.9 Å². The zero-order chi connectivity index (χ0) is 14.8. The highest BCUT2D eigenvalue weighted by molar-refractivity contribution is 14.1. The molecule has 2 aromatic rings. The van der Waals surface area contributed by atoms with E-state index >= 15 is 0 Å². The minimum Gasteiger partial charge on any atom is -0.296 e. The van der Waals surface area contributed by atoms with Gasteiger partial charge in [-0.2, -0.15) is 0 Å². The second-order valence-corrected chi connectivity index (χ2v) is 7.22. The minimum absolute atomic E-state index is 0.0121. The topological polar surface area (TPSA) is 54.9 Å². The molecule has 0 saturated carbocycles. The number of hydrogen-bond acceptors (Lipinski definition) is 4. The van der Waals surface area contributed by atoms with Crippen LogP contribution in [-0.4, -0.2) is 16.1 Å². The lowest BCUT2D eigenvalue weighted by molar-refractivity contribution is 0.102. The van der Waals surface area contributed by atoms with Crippen LogP contribution in [0.4, 0.5) is 5.13 Å². The first kappa shape index (κ1) is 15.4. The van der Waals surface area contributed by atoms with Gasteiger partial charge in [0.2, 0.25) is 5.13 Å². The Hall–Kier alpha value is -1.02. The van der Waals surface area contributed by atoms with Gasteiger partial charge in [-0.25, -0.2) is 0 Å². The summed E-state index contributed by atoms with van der Waals surface area (Å²) in [6.07, 6.45) is 0.978. The summed E-state index contributed by atoms with van der Waals surface area (Å²) in [4.78, 5) is 12.2. The lowest BCUT2D eigenvalue weighted by Gasteiger charge is -2.17. The van der Waals surface area contributed by atoms with Gasteiger partial charge in [0, 0.05) is 8.99 Å². The third-order valence-electron chi connectivity index (χ3n) is 3.23. The van der Waals surface area contributed by atoms with E-state index in [9.17, 15) is 4.79 Å². The van der Waals surface area contributed by atoms with Crippen LogP contribution in [0.2, 0.25) is 0 Å². The number of anilines is 1. The van der Waals surface area contributed by atoms with E-state index in [-0.39, 0.29) is 11.3 Å². The first-order chi connectivity index (χ1) is 9.44. The molecule has 6 heteroatoms. The summed E-state index contributed by atoms with van der Waals surface area (Å²) < 4.78 is 0.918. The van der Waals surface area contributed by atoms with Crippen molar-refractivity contribution >= 4 is 45.0 Å². The number of carbonyl (C=O) groups excluding carboxylic acids is 1. The zero-order valence-electron chi connectivity index (χ0n) is 11.6. The van der Waals surface area contributed by atoms with Crippen molar-refractivity contribution in [2.45, 2.75) is 32.6 Å². The molecular formula is C14H16IN3OS. The number of nitrogens with zero attached hydrogens (tertiary/aromatic N) is 2.